The van der Waals surface area contributed by atoms with Crippen molar-refractivity contribution in [2.45, 2.75) is 12.8 Å². The Morgan fingerprint density at radius 3 is 2.47 bits per heavy atom. The maximum absolute atomic E-state index is 5.30. The summed E-state index contributed by atoms with van der Waals surface area (Å²) in [5.74, 6) is 1.64. The molecule has 82 valence electrons. The van der Waals surface area contributed by atoms with Crippen LogP contribution in [0.2, 0.25) is 0 Å². The van der Waals surface area contributed by atoms with Crippen molar-refractivity contribution in [2.24, 2.45) is 0 Å². The largest absolute Gasteiger partial charge is 0.496 e. The molecule has 0 heterocycles. The lowest BCUT2D eigenvalue weighted by atomic mass is 10.1. The van der Waals surface area contributed by atoms with Gasteiger partial charge in [0.15, 0.2) is 0 Å². The molecule has 0 aliphatic carbocycles. The molecule has 0 atom stereocenters. The second-order valence-corrected chi connectivity index (χ2v) is 3.98. The fourth-order valence-corrected chi connectivity index (χ4v) is 1.93. The summed E-state index contributed by atoms with van der Waals surface area (Å²) in [6.07, 6.45) is 3.77. The molecular formula is C12H15BrO2. The third kappa shape index (κ3) is 2.99. The third-order valence-electron chi connectivity index (χ3n) is 2.17. The van der Waals surface area contributed by atoms with Gasteiger partial charge in [-0.05, 0) is 40.4 Å². The summed E-state index contributed by atoms with van der Waals surface area (Å²) in [7, 11) is 3.31. The molecule has 0 saturated carbocycles. The highest BCUT2D eigenvalue weighted by molar-refractivity contribution is 9.10. The van der Waals surface area contributed by atoms with Crippen molar-refractivity contribution >= 4 is 15.9 Å². The number of hydrogen-bond acceptors (Lipinski definition) is 2. The summed E-state index contributed by atoms with van der Waals surface area (Å²) in [6.45, 7) is 3.71. The average Bonchev–Trinajstić information content (AvgIpc) is 2.26. The third-order valence-corrected chi connectivity index (χ3v) is 2.79. The van der Waals surface area contributed by atoms with Gasteiger partial charge in [0.05, 0.1) is 18.7 Å². The summed E-state index contributed by atoms with van der Waals surface area (Å²) in [5, 5.41) is 0. The van der Waals surface area contributed by atoms with E-state index in [9.17, 15) is 0 Å². The Balaban J connectivity index is 3.03. The Morgan fingerprint density at radius 2 is 1.93 bits per heavy atom. The van der Waals surface area contributed by atoms with Crippen molar-refractivity contribution in [1.29, 1.82) is 0 Å². The Hall–Kier alpha value is -0.960. The number of aryl methyl sites for hydroxylation is 1. The van der Waals surface area contributed by atoms with Gasteiger partial charge in [0.1, 0.15) is 11.5 Å². The van der Waals surface area contributed by atoms with Gasteiger partial charge in [-0.25, -0.2) is 0 Å². The number of allylic oxidation sites excluding steroid dienone is 1. The summed E-state index contributed by atoms with van der Waals surface area (Å²) < 4.78 is 11.5. The smallest absolute Gasteiger partial charge is 0.136 e. The van der Waals surface area contributed by atoms with Crippen LogP contribution in [-0.4, -0.2) is 14.2 Å². The molecule has 1 aromatic rings. The summed E-state index contributed by atoms with van der Waals surface area (Å²) in [4.78, 5) is 0. The standard InChI is InChI=1S/C12H15BrO2/c1-4-5-6-9-7-10(13)12(15-3)8-11(9)14-2/h4,7-8H,1,5-6H2,2-3H3. The SMILES string of the molecule is C=CCCc1cc(Br)c(OC)cc1OC. The van der Waals surface area contributed by atoms with Gasteiger partial charge in [0.25, 0.3) is 0 Å². The van der Waals surface area contributed by atoms with Crippen molar-refractivity contribution in [3.8, 4) is 11.5 Å². The molecule has 0 aromatic heterocycles. The lowest BCUT2D eigenvalue weighted by Crippen LogP contribution is -1.94. The first-order valence-electron chi connectivity index (χ1n) is 4.74. The molecule has 0 bridgehead atoms. The fraction of sp³-hybridized carbons (Fsp3) is 0.333. The predicted octanol–water partition coefficient (Wildman–Crippen LogP) is 3.58. The molecule has 0 amide bonds. The van der Waals surface area contributed by atoms with Crippen LogP contribution in [0.4, 0.5) is 0 Å². The molecule has 0 fully saturated rings. The number of ether oxygens (including phenoxy) is 2. The summed E-state index contributed by atoms with van der Waals surface area (Å²) >= 11 is 3.46. The molecule has 0 N–H and O–H groups in total. The zero-order valence-electron chi connectivity index (χ0n) is 9.05. The van der Waals surface area contributed by atoms with Crippen LogP contribution in [0, 0.1) is 0 Å². The van der Waals surface area contributed by atoms with Crippen LogP contribution in [0.3, 0.4) is 0 Å². The molecule has 0 radical (unpaired) electrons. The van der Waals surface area contributed by atoms with E-state index >= 15 is 0 Å². The quantitative estimate of drug-likeness (QED) is 0.762. The Morgan fingerprint density at radius 1 is 1.27 bits per heavy atom. The molecule has 0 spiro atoms. The summed E-state index contributed by atoms with van der Waals surface area (Å²) in [6, 6.07) is 3.92. The Bertz CT molecular complexity index is 348. The second kappa shape index (κ2) is 5.81. The predicted molar refractivity (Wildman–Crippen MR) is 65.8 cm³/mol. The highest BCUT2D eigenvalue weighted by atomic mass is 79.9. The number of hydrogen-bond donors (Lipinski definition) is 0. The lowest BCUT2D eigenvalue weighted by Gasteiger charge is -2.11. The number of rotatable bonds is 5. The van der Waals surface area contributed by atoms with Gasteiger partial charge in [0, 0.05) is 6.07 Å². The minimum absolute atomic E-state index is 0.786. The van der Waals surface area contributed by atoms with E-state index in [2.05, 4.69) is 22.5 Å². The zero-order chi connectivity index (χ0) is 11.3. The molecule has 15 heavy (non-hydrogen) atoms. The maximum atomic E-state index is 5.30. The van der Waals surface area contributed by atoms with E-state index in [1.54, 1.807) is 14.2 Å². The van der Waals surface area contributed by atoms with E-state index in [0.717, 1.165) is 34.4 Å². The summed E-state index contributed by atoms with van der Waals surface area (Å²) in [5.41, 5.74) is 1.16. The van der Waals surface area contributed by atoms with Crippen LogP contribution >= 0.6 is 15.9 Å². The molecule has 1 aromatic carbocycles. The molecule has 1 rings (SSSR count). The zero-order valence-corrected chi connectivity index (χ0v) is 10.6. The lowest BCUT2D eigenvalue weighted by molar-refractivity contribution is 0.389. The second-order valence-electron chi connectivity index (χ2n) is 3.13. The van der Waals surface area contributed by atoms with Crippen LogP contribution in [-0.2, 0) is 6.42 Å². The normalized spacial score (nSPS) is 9.80. The van der Waals surface area contributed by atoms with Gasteiger partial charge in [-0.15, -0.1) is 6.58 Å². The van der Waals surface area contributed by atoms with Gasteiger partial charge >= 0.3 is 0 Å². The first-order valence-corrected chi connectivity index (χ1v) is 5.53. The van der Waals surface area contributed by atoms with Crippen LogP contribution < -0.4 is 9.47 Å². The van der Waals surface area contributed by atoms with E-state index in [0.29, 0.717) is 0 Å². The minimum Gasteiger partial charge on any atom is -0.496 e. The van der Waals surface area contributed by atoms with Crippen LogP contribution in [0.5, 0.6) is 11.5 Å². The average molecular weight is 271 g/mol. The van der Waals surface area contributed by atoms with E-state index < -0.39 is 0 Å². The molecule has 3 heteroatoms. The topological polar surface area (TPSA) is 18.5 Å². The first kappa shape index (κ1) is 12.1. The molecular weight excluding hydrogens is 256 g/mol. The first-order chi connectivity index (χ1) is 7.22. The van der Waals surface area contributed by atoms with Gasteiger partial charge in [-0.3, -0.25) is 0 Å². The van der Waals surface area contributed by atoms with Crippen molar-refractivity contribution in [1.82, 2.24) is 0 Å². The van der Waals surface area contributed by atoms with Crippen molar-refractivity contribution in [3.05, 3.63) is 34.8 Å². The number of halogens is 1. The van der Waals surface area contributed by atoms with Gasteiger partial charge in [-0.2, -0.15) is 0 Å². The van der Waals surface area contributed by atoms with Gasteiger partial charge in [0.2, 0.25) is 0 Å². The molecule has 0 aliphatic rings. The monoisotopic (exact) mass is 270 g/mol. The van der Waals surface area contributed by atoms with Gasteiger partial charge < -0.3 is 9.47 Å². The highest BCUT2D eigenvalue weighted by Crippen LogP contribution is 2.33. The fourth-order valence-electron chi connectivity index (χ4n) is 1.38. The highest BCUT2D eigenvalue weighted by Gasteiger charge is 2.08. The van der Waals surface area contributed by atoms with E-state index in [4.69, 9.17) is 9.47 Å². The van der Waals surface area contributed by atoms with Crippen molar-refractivity contribution in [3.63, 3.8) is 0 Å². The van der Waals surface area contributed by atoms with Crippen molar-refractivity contribution in [2.75, 3.05) is 14.2 Å². The van der Waals surface area contributed by atoms with Crippen LogP contribution in [0.25, 0.3) is 0 Å². The van der Waals surface area contributed by atoms with Crippen LogP contribution in [0.15, 0.2) is 29.3 Å². The van der Waals surface area contributed by atoms with Crippen molar-refractivity contribution < 1.29 is 9.47 Å². The van der Waals surface area contributed by atoms with E-state index in [1.807, 2.05) is 18.2 Å². The Kier molecular flexibility index (Phi) is 4.69. The molecule has 2 nitrogen and oxygen atoms in total. The molecule has 0 aliphatic heterocycles. The number of methoxy groups -OCH3 is 2. The maximum Gasteiger partial charge on any atom is 0.136 e. The van der Waals surface area contributed by atoms with E-state index in [-0.39, 0.29) is 0 Å². The van der Waals surface area contributed by atoms with Gasteiger partial charge in [-0.1, -0.05) is 6.08 Å². The number of benzene rings is 1. The minimum atomic E-state index is 0.786. The Labute approximate surface area is 99.0 Å². The van der Waals surface area contributed by atoms with E-state index in [1.165, 1.54) is 0 Å². The molecule has 0 saturated heterocycles. The van der Waals surface area contributed by atoms with Crippen LogP contribution in [0.1, 0.15) is 12.0 Å². The molecule has 0 unspecified atom stereocenters.